The van der Waals surface area contributed by atoms with Gasteiger partial charge in [0.15, 0.2) is 0 Å². The highest BCUT2D eigenvalue weighted by Gasteiger charge is 2.21. The fourth-order valence-electron chi connectivity index (χ4n) is 2.46. The second kappa shape index (κ2) is 6.60. The van der Waals surface area contributed by atoms with Gasteiger partial charge in [-0.1, -0.05) is 11.6 Å². The number of thiazole rings is 1. The SMILES string of the molecule is NC(=O)c1cnc(N2CCN(Cc3cscn3)CC2)c(Cl)c1. The summed E-state index contributed by atoms with van der Waals surface area (Å²) in [5.74, 6) is 0.189. The Labute approximate surface area is 137 Å². The third-order valence-corrected chi connectivity index (χ3v) is 4.56. The Morgan fingerprint density at radius 3 is 2.68 bits per heavy atom. The van der Waals surface area contributed by atoms with Crippen molar-refractivity contribution in [2.24, 2.45) is 5.73 Å². The molecule has 22 heavy (non-hydrogen) atoms. The van der Waals surface area contributed by atoms with E-state index in [-0.39, 0.29) is 0 Å². The molecule has 0 atom stereocenters. The van der Waals surface area contributed by atoms with E-state index < -0.39 is 5.91 Å². The second-order valence-electron chi connectivity index (χ2n) is 5.14. The number of rotatable bonds is 4. The fraction of sp³-hybridized carbons (Fsp3) is 0.357. The first-order valence-electron chi connectivity index (χ1n) is 6.93. The van der Waals surface area contributed by atoms with Crippen LogP contribution in [0, 0.1) is 0 Å². The minimum absolute atomic E-state index is 0.330. The largest absolute Gasteiger partial charge is 0.366 e. The van der Waals surface area contributed by atoms with Crippen LogP contribution in [0.2, 0.25) is 5.02 Å². The lowest BCUT2D eigenvalue weighted by Gasteiger charge is -2.35. The van der Waals surface area contributed by atoms with E-state index in [0.717, 1.165) is 38.4 Å². The smallest absolute Gasteiger partial charge is 0.250 e. The van der Waals surface area contributed by atoms with E-state index in [4.69, 9.17) is 17.3 Å². The molecule has 2 aromatic heterocycles. The van der Waals surface area contributed by atoms with Gasteiger partial charge in [0.2, 0.25) is 5.91 Å². The molecule has 0 aromatic carbocycles. The van der Waals surface area contributed by atoms with Crippen molar-refractivity contribution in [1.82, 2.24) is 14.9 Å². The number of hydrogen-bond donors (Lipinski definition) is 1. The van der Waals surface area contributed by atoms with Gasteiger partial charge >= 0.3 is 0 Å². The molecule has 1 aliphatic heterocycles. The van der Waals surface area contributed by atoms with Gasteiger partial charge in [-0.25, -0.2) is 9.97 Å². The number of nitrogens with two attached hydrogens (primary N) is 1. The molecule has 1 saturated heterocycles. The van der Waals surface area contributed by atoms with Crippen molar-refractivity contribution >= 4 is 34.7 Å². The van der Waals surface area contributed by atoms with Gasteiger partial charge in [0, 0.05) is 44.3 Å². The molecule has 1 fully saturated rings. The number of piperazine rings is 1. The van der Waals surface area contributed by atoms with Gasteiger partial charge in [-0.3, -0.25) is 9.69 Å². The van der Waals surface area contributed by atoms with Crippen LogP contribution in [0.1, 0.15) is 16.1 Å². The van der Waals surface area contributed by atoms with Gasteiger partial charge in [0.1, 0.15) is 5.82 Å². The van der Waals surface area contributed by atoms with Crippen molar-refractivity contribution in [2.45, 2.75) is 6.54 Å². The number of aromatic nitrogens is 2. The third kappa shape index (κ3) is 3.37. The molecule has 3 rings (SSSR count). The molecule has 8 heteroatoms. The summed E-state index contributed by atoms with van der Waals surface area (Å²) >= 11 is 7.84. The Hall–Kier alpha value is -1.70. The molecule has 3 heterocycles. The van der Waals surface area contributed by atoms with Gasteiger partial charge in [-0.15, -0.1) is 11.3 Å². The quantitative estimate of drug-likeness (QED) is 0.917. The lowest BCUT2D eigenvalue weighted by molar-refractivity contribution is 0.1000. The summed E-state index contributed by atoms with van der Waals surface area (Å²) in [6.07, 6.45) is 1.48. The normalized spacial score (nSPS) is 16.0. The number of primary amides is 1. The van der Waals surface area contributed by atoms with Crippen LogP contribution in [-0.2, 0) is 6.54 Å². The number of pyridine rings is 1. The summed E-state index contributed by atoms with van der Waals surface area (Å²) in [6, 6.07) is 1.58. The first-order chi connectivity index (χ1) is 10.6. The fourth-order valence-corrected chi connectivity index (χ4v) is 3.30. The molecule has 2 N–H and O–H groups in total. The summed E-state index contributed by atoms with van der Waals surface area (Å²) < 4.78 is 0. The highest BCUT2D eigenvalue weighted by atomic mass is 35.5. The van der Waals surface area contributed by atoms with Crippen LogP contribution in [0.3, 0.4) is 0 Å². The number of amides is 1. The molecule has 0 saturated carbocycles. The number of anilines is 1. The van der Waals surface area contributed by atoms with Gasteiger partial charge in [0.05, 0.1) is 21.8 Å². The average Bonchev–Trinajstić information content (AvgIpc) is 3.01. The average molecular weight is 338 g/mol. The van der Waals surface area contributed by atoms with Crippen LogP contribution in [0.25, 0.3) is 0 Å². The van der Waals surface area contributed by atoms with Crippen molar-refractivity contribution in [3.05, 3.63) is 39.4 Å². The lowest BCUT2D eigenvalue weighted by Crippen LogP contribution is -2.46. The summed E-state index contributed by atoms with van der Waals surface area (Å²) in [5.41, 5.74) is 8.53. The third-order valence-electron chi connectivity index (χ3n) is 3.65. The van der Waals surface area contributed by atoms with E-state index in [0.29, 0.717) is 16.4 Å². The van der Waals surface area contributed by atoms with Crippen molar-refractivity contribution in [3.8, 4) is 0 Å². The van der Waals surface area contributed by atoms with Gasteiger partial charge in [0.25, 0.3) is 0 Å². The molecular weight excluding hydrogens is 322 g/mol. The van der Waals surface area contributed by atoms with Crippen LogP contribution in [0.4, 0.5) is 5.82 Å². The summed E-state index contributed by atoms with van der Waals surface area (Å²) in [6.45, 7) is 4.40. The van der Waals surface area contributed by atoms with E-state index in [1.807, 2.05) is 5.51 Å². The predicted octanol–water partition coefficient (Wildman–Crippen LogP) is 1.61. The van der Waals surface area contributed by atoms with Crippen LogP contribution in [-0.4, -0.2) is 47.0 Å². The van der Waals surface area contributed by atoms with E-state index in [9.17, 15) is 4.79 Å². The van der Waals surface area contributed by atoms with E-state index in [1.165, 1.54) is 6.20 Å². The summed E-state index contributed by atoms with van der Waals surface area (Å²) in [7, 11) is 0. The highest BCUT2D eigenvalue weighted by molar-refractivity contribution is 7.07. The molecule has 0 aliphatic carbocycles. The highest BCUT2D eigenvalue weighted by Crippen LogP contribution is 2.25. The van der Waals surface area contributed by atoms with Crippen LogP contribution < -0.4 is 10.6 Å². The molecule has 1 amide bonds. The molecule has 0 radical (unpaired) electrons. The predicted molar refractivity (Wildman–Crippen MR) is 87.4 cm³/mol. The molecule has 1 aliphatic rings. The number of halogens is 1. The Morgan fingerprint density at radius 2 is 2.09 bits per heavy atom. The van der Waals surface area contributed by atoms with Crippen molar-refractivity contribution in [3.63, 3.8) is 0 Å². The first kappa shape index (κ1) is 15.2. The summed E-state index contributed by atoms with van der Waals surface area (Å²) in [4.78, 5) is 24.2. The maximum absolute atomic E-state index is 11.1. The molecule has 2 aromatic rings. The zero-order valence-corrected chi connectivity index (χ0v) is 13.5. The molecule has 0 unspecified atom stereocenters. The Morgan fingerprint density at radius 1 is 1.32 bits per heavy atom. The molecule has 6 nitrogen and oxygen atoms in total. The van der Waals surface area contributed by atoms with Crippen LogP contribution in [0.5, 0.6) is 0 Å². The first-order valence-corrected chi connectivity index (χ1v) is 8.25. The van der Waals surface area contributed by atoms with Gasteiger partial charge < -0.3 is 10.6 Å². The van der Waals surface area contributed by atoms with Crippen molar-refractivity contribution in [1.29, 1.82) is 0 Å². The van der Waals surface area contributed by atoms with Crippen molar-refractivity contribution < 1.29 is 4.79 Å². The number of hydrogen-bond acceptors (Lipinski definition) is 6. The molecule has 116 valence electrons. The topological polar surface area (TPSA) is 75.4 Å². The maximum atomic E-state index is 11.1. The van der Waals surface area contributed by atoms with Crippen LogP contribution >= 0.6 is 22.9 Å². The lowest BCUT2D eigenvalue weighted by atomic mass is 10.2. The van der Waals surface area contributed by atoms with Crippen molar-refractivity contribution in [2.75, 3.05) is 31.1 Å². The Kier molecular flexibility index (Phi) is 4.56. The number of carbonyl (C=O) groups is 1. The number of nitrogens with zero attached hydrogens (tertiary/aromatic N) is 4. The van der Waals surface area contributed by atoms with Gasteiger partial charge in [-0.2, -0.15) is 0 Å². The van der Waals surface area contributed by atoms with Crippen LogP contribution in [0.15, 0.2) is 23.2 Å². The monoisotopic (exact) mass is 337 g/mol. The minimum Gasteiger partial charge on any atom is -0.366 e. The Balaban J connectivity index is 1.62. The van der Waals surface area contributed by atoms with E-state index >= 15 is 0 Å². The van der Waals surface area contributed by atoms with Gasteiger partial charge in [-0.05, 0) is 6.07 Å². The summed E-state index contributed by atoms with van der Waals surface area (Å²) in [5, 5.41) is 2.54. The maximum Gasteiger partial charge on any atom is 0.250 e. The zero-order chi connectivity index (χ0) is 15.5. The molecular formula is C14H16ClN5OS. The second-order valence-corrected chi connectivity index (χ2v) is 6.26. The molecule has 0 spiro atoms. The standard InChI is InChI=1S/C14H16ClN5OS/c15-12-5-10(13(16)21)6-17-14(12)20-3-1-19(2-4-20)7-11-8-22-9-18-11/h5-6,8-9H,1-4,7H2,(H2,16,21). The Bertz CT molecular complexity index is 655. The molecule has 0 bridgehead atoms. The van der Waals surface area contributed by atoms with E-state index in [2.05, 4.69) is 25.1 Å². The zero-order valence-electron chi connectivity index (χ0n) is 11.9. The number of carbonyl (C=O) groups excluding carboxylic acids is 1. The van der Waals surface area contributed by atoms with E-state index in [1.54, 1.807) is 17.4 Å². The minimum atomic E-state index is -0.519.